The third-order valence-electron chi connectivity index (χ3n) is 5.29. The monoisotopic (exact) mass is 275 g/mol. The number of amides is 1. The van der Waals surface area contributed by atoms with Gasteiger partial charge in [0.25, 0.3) is 5.91 Å². The minimum Gasteiger partial charge on any atom is -0.351 e. The fourth-order valence-electron chi connectivity index (χ4n) is 4.09. The molecule has 0 aromatic carbocycles. The molecule has 2 aliphatic rings. The normalized spacial score (nSPS) is 28.3. The van der Waals surface area contributed by atoms with Gasteiger partial charge in [0.15, 0.2) is 0 Å². The summed E-state index contributed by atoms with van der Waals surface area (Å²) in [5, 5.41) is 7.48. The quantitative estimate of drug-likeness (QED) is 0.918. The van der Waals surface area contributed by atoms with Crippen LogP contribution in [0.2, 0.25) is 0 Å². The molecule has 0 saturated heterocycles. The molecule has 2 fully saturated rings. The van der Waals surface area contributed by atoms with E-state index in [4.69, 9.17) is 0 Å². The average molecular weight is 275 g/mol. The van der Waals surface area contributed by atoms with Crippen molar-refractivity contribution in [3.63, 3.8) is 0 Å². The number of nitrogens with one attached hydrogen (secondary N) is 1. The van der Waals surface area contributed by atoms with Crippen LogP contribution in [0.25, 0.3) is 0 Å². The van der Waals surface area contributed by atoms with E-state index >= 15 is 0 Å². The molecule has 0 aliphatic heterocycles. The summed E-state index contributed by atoms with van der Waals surface area (Å²) in [5.41, 5.74) is 2.09. The van der Waals surface area contributed by atoms with E-state index in [1.807, 2.05) is 11.6 Å². The molecule has 0 atom stereocenters. The second kappa shape index (κ2) is 4.90. The molecular formula is C16H25N3O. The predicted octanol–water partition coefficient (Wildman–Crippen LogP) is 3.08. The topological polar surface area (TPSA) is 46.9 Å². The Balaban J connectivity index is 1.65. The number of hydrogen-bond acceptors (Lipinski definition) is 2. The Morgan fingerprint density at radius 2 is 2.20 bits per heavy atom. The van der Waals surface area contributed by atoms with Gasteiger partial charge in [-0.25, -0.2) is 0 Å². The second-order valence-electron chi connectivity index (χ2n) is 7.01. The van der Waals surface area contributed by atoms with E-state index in [0.29, 0.717) is 11.5 Å². The van der Waals surface area contributed by atoms with E-state index < -0.39 is 0 Å². The van der Waals surface area contributed by atoms with Crippen LogP contribution in [0.3, 0.4) is 0 Å². The number of carbonyl (C=O) groups excluding carboxylic acids is 1. The third-order valence-corrected chi connectivity index (χ3v) is 5.29. The molecule has 0 radical (unpaired) electrons. The molecule has 1 aromatic heterocycles. The van der Waals surface area contributed by atoms with Crippen molar-refractivity contribution < 1.29 is 4.79 Å². The maximum atomic E-state index is 12.4. The maximum absolute atomic E-state index is 12.4. The minimum atomic E-state index is 0.0409. The lowest BCUT2D eigenvalue weighted by atomic mass is 9.84. The molecule has 4 nitrogen and oxygen atoms in total. The first kappa shape index (κ1) is 13.7. The van der Waals surface area contributed by atoms with Crippen molar-refractivity contribution in [3.05, 3.63) is 17.5 Å². The van der Waals surface area contributed by atoms with Gasteiger partial charge in [-0.3, -0.25) is 9.48 Å². The molecule has 1 amide bonds. The van der Waals surface area contributed by atoms with Gasteiger partial charge in [0, 0.05) is 18.3 Å². The van der Waals surface area contributed by atoms with Crippen LogP contribution in [0.4, 0.5) is 0 Å². The lowest BCUT2D eigenvalue weighted by Gasteiger charge is -2.26. The Morgan fingerprint density at radius 1 is 1.50 bits per heavy atom. The van der Waals surface area contributed by atoms with Crippen molar-refractivity contribution in [2.75, 3.05) is 6.54 Å². The van der Waals surface area contributed by atoms with E-state index in [0.717, 1.165) is 23.7 Å². The van der Waals surface area contributed by atoms with Crippen molar-refractivity contribution in [1.29, 1.82) is 0 Å². The van der Waals surface area contributed by atoms with E-state index in [9.17, 15) is 4.79 Å². The fourth-order valence-corrected chi connectivity index (χ4v) is 4.09. The van der Waals surface area contributed by atoms with Gasteiger partial charge in [0.05, 0.1) is 11.8 Å². The van der Waals surface area contributed by atoms with Crippen molar-refractivity contribution >= 4 is 5.91 Å². The SMILES string of the molecule is Cc1c(C(=O)NCC23CCC(CC2)C3)cnn1C(C)C. The van der Waals surface area contributed by atoms with Crippen molar-refractivity contribution in [3.8, 4) is 0 Å². The first-order valence-corrected chi connectivity index (χ1v) is 7.83. The molecule has 1 heterocycles. The van der Waals surface area contributed by atoms with Crippen LogP contribution < -0.4 is 5.32 Å². The fraction of sp³-hybridized carbons (Fsp3) is 0.750. The molecule has 1 N–H and O–H groups in total. The summed E-state index contributed by atoms with van der Waals surface area (Å²) in [6.07, 6.45) is 8.33. The summed E-state index contributed by atoms with van der Waals surface area (Å²) in [6, 6.07) is 0.292. The van der Waals surface area contributed by atoms with Crippen LogP contribution in [0, 0.1) is 18.3 Å². The summed E-state index contributed by atoms with van der Waals surface area (Å²) in [5.74, 6) is 0.969. The highest BCUT2D eigenvalue weighted by Gasteiger charge is 2.44. The lowest BCUT2D eigenvalue weighted by Crippen LogP contribution is -2.35. The number of nitrogens with zero attached hydrogens (tertiary/aromatic N) is 2. The highest BCUT2D eigenvalue weighted by atomic mass is 16.1. The number of fused-ring (bicyclic) bond motifs is 2. The lowest BCUT2D eigenvalue weighted by molar-refractivity contribution is 0.0930. The number of hydrogen-bond donors (Lipinski definition) is 1. The van der Waals surface area contributed by atoms with E-state index in [-0.39, 0.29) is 5.91 Å². The Hall–Kier alpha value is -1.32. The summed E-state index contributed by atoms with van der Waals surface area (Å²) < 4.78 is 1.91. The minimum absolute atomic E-state index is 0.0409. The molecule has 2 saturated carbocycles. The van der Waals surface area contributed by atoms with Gasteiger partial charge in [0.1, 0.15) is 0 Å². The van der Waals surface area contributed by atoms with E-state index in [2.05, 4.69) is 24.3 Å². The van der Waals surface area contributed by atoms with Crippen LogP contribution in [-0.2, 0) is 0 Å². The molecule has 3 rings (SSSR count). The largest absolute Gasteiger partial charge is 0.351 e. The molecule has 20 heavy (non-hydrogen) atoms. The smallest absolute Gasteiger partial charge is 0.254 e. The van der Waals surface area contributed by atoms with Crippen LogP contribution in [-0.4, -0.2) is 22.2 Å². The van der Waals surface area contributed by atoms with Gasteiger partial charge >= 0.3 is 0 Å². The van der Waals surface area contributed by atoms with E-state index in [1.54, 1.807) is 6.20 Å². The predicted molar refractivity (Wildman–Crippen MR) is 78.7 cm³/mol. The molecule has 4 heteroatoms. The van der Waals surface area contributed by atoms with Gasteiger partial charge in [-0.05, 0) is 64.2 Å². The van der Waals surface area contributed by atoms with Crippen molar-refractivity contribution in [2.45, 2.75) is 58.9 Å². The molecule has 110 valence electrons. The first-order valence-electron chi connectivity index (χ1n) is 7.83. The summed E-state index contributed by atoms with van der Waals surface area (Å²) in [6.45, 7) is 6.98. The molecule has 2 aliphatic carbocycles. The zero-order valence-corrected chi connectivity index (χ0v) is 12.8. The van der Waals surface area contributed by atoms with Crippen LogP contribution in [0.15, 0.2) is 6.20 Å². The maximum Gasteiger partial charge on any atom is 0.254 e. The van der Waals surface area contributed by atoms with Crippen LogP contribution in [0.1, 0.15) is 68.0 Å². The third kappa shape index (κ3) is 2.25. The second-order valence-corrected chi connectivity index (χ2v) is 7.01. The van der Waals surface area contributed by atoms with E-state index in [1.165, 1.54) is 32.1 Å². The van der Waals surface area contributed by atoms with Crippen LogP contribution >= 0.6 is 0 Å². The molecule has 0 unspecified atom stereocenters. The summed E-state index contributed by atoms with van der Waals surface area (Å²) >= 11 is 0. The van der Waals surface area contributed by atoms with Crippen molar-refractivity contribution in [2.24, 2.45) is 11.3 Å². The number of aromatic nitrogens is 2. The van der Waals surface area contributed by atoms with Gasteiger partial charge < -0.3 is 5.32 Å². The molecular weight excluding hydrogens is 250 g/mol. The highest BCUT2D eigenvalue weighted by molar-refractivity contribution is 5.95. The van der Waals surface area contributed by atoms with Gasteiger partial charge in [-0.1, -0.05) is 0 Å². The average Bonchev–Trinajstić information content (AvgIpc) is 3.10. The Morgan fingerprint density at radius 3 is 2.70 bits per heavy atom. The Kier molecular flexibility index (Phi) is 3.35. The van der Waals surface area contributed by atoms with Crippen molar-refractivity contribution in [1.82, 2.24) is 15.1 Å². The number of carbonyl (C=O) groups is 1. The first-order chi connectivity index (χ1) is 9.51. The molecule has 0 spiro atoms. The molecule has 1 aromatic rings. The van der Waals surface area contributed by atoms with Gasteiger partial charge in [0.2, 0.25) is 0 Å². The van der Waals surface area contributed by atoms with Gasteiger partial charge in [-0.15, -0.1) is 0 Å². The van der Waals surface area contributed by atoms with Crippen LogP contribution in [0.5, 0.6) is 0 Å². The van der Waals surface area contributed by atoms with Gasteiger partial charge in [-0.2, -0.15) is 5.10 Å². The Bertz CT molecular complexity index is 510. The highest BCUT2D eigenvalue weighted by Crippen LogP contribution is 2.53. The summed E-state index contributed by atoms with van der Waals surface area (Å²) in [4.78, 5) is 12.4. The standard InChI is InChI=1S/C16H25N3O/c1-11(2)19-12(3)14(9-18-19)15(20)17-10-16-6-4-13(8-16)5-7-16/h9,11,13H,4-8,10H2,1-3H3,(H,17,20). The molecule has 2 bridgehead atoms. The summed E-state index contributed by atoms with van der Waals surface area (Å²) in [7, 11) is 0. The number of rotatable bonds is 4. The Labute approximate surface area is 120 Å². The zero-order chi connectivity index (χ0) is 14.3. The zero-order valence-electron chi connectivity index (χ0n) is 12.8.